The maximum absolute atomic E-state index is 12.1. The molecule has 2 amide bonds. The standard InChI is InChI=1S/C22H28N2O3/c1-17(2)15-24(18(3)25)14-13-22(26)23-20-9-11-21(12-10-20)27-16-19-7-5-4-6-8-19/h4-12,17H,13-16H2,1-3H3,(H,23,26). The Kier molecular flexibility index (Phi) is 7.86. The molecule has 0 aliphatic rings. The van der Waals surface area contributed by atoms with Gasteiger partial charge in [-0.05, 0) is 35.7 Å². The van der Waals surface area contributed by atoms with Crippen LogP contribution in [0, 0.1) is 5.92 Å². The van der Waals surface area contributed by atoms with E-state index >= 15 is 0 Å². The van der Waals surface area contributed by atoms with E-state index in [1.165, 1.54) is 6.92 Å². The molecule has 0 aromatic heterocycles. The van der Waals surface area contributed by atoms with Gasteiger partial charge in [-0.1, -0.05) is 44.2 Å². The minimum Gasteiger partial charge on any atom is -0.489 e. The summed E-state index contributed by atoms with van der Waals surface area (Å²) in [4.78, 5) is 25.5. The molecule has 0 aliphatic carbocycles. The fourth-order valence-corrected chi connectivity index (χ4v) is 2.65. The molecule has 0 atom stereocenters. The Labute approximate surface area is 161 Å². The molecule has 0 bridgehead atoms. The van der Waals surface area contributed by atoms with Crippen LogP contribution in [0.5, 0.6) is 5.75 Å². The topological polar surface area (TPSA) is 58.6 Å². The van der Waals surface area contributed by atoms with Crippen LogP contribution in [0.1, 0.15) is 32.8 Å². The molecule has 0 heterocycles. The van der Waals surface area contributed by atoms with Gasteiger partial charge in [0.1, 0.15) is 12.4 Å². The highest BCUT2D eigenvalue weighted by Gasteiger charge is 2.12. The smallest absolute Gasteiger partial charge is 0.226 e. The van der Waals surface area contributed by atoms with E-state index in [0.717, 1.165) is 11.3 Å². The third kappa shape index (κ3) is 7.52. The first-order valence-electron chi connectivity index (χ1n) is 9.26. The van der Waals surface area contributed by atoms with E-state index in [2.05, 4.69) is 19.2 Å². The Morgan fingerprint density at radius 1 is 1.04 bits per heavy atom. The first kappa shape index (κ1) is 20.5. The van der Waals surface area contributed by atoms with Gasteiger partial charge >= 0.3 is 0 Å². The third-order valence-corrected chi connectivity index (χ3v) is 4.03. The molecule has 27 heavy (non-hydrogen) atoms. The van der Waals surface area contributed by atoms with E-state index < -0.39 is 0 Å². The van der Waals surface area contributed by atoms with Gasteiger partial charge in [0.25, 0.3) is 0 Å². The first-order valence-corrected chi connectivity index (χ1v) is 9.26. The summed E-state index contributed by atoms with van der Waals surface area (Å²) >= 11 is 0. The van der Waals surface area contributed by atoms with Gasteiger partial charge in [0, 0.05) is 32.1 Å². The van der Waals surface area contributed by atoms with Crippen molar-refractivity contribution >= 4 is 17.5 Å². The van der Waals surface area contributed by atoms with Crippen LogP contribution in [-0.4, -0.2) is 29.8 Å². The molecule has 2 aromatic rings. The summed E-state index contributed by atoms with van der Waals surface area (Å²) in [5.41, 5.74) is 1.82. The van der Waals surface area contributed by atoms with Crippen molar-refractivity contribution in [3.05, 3.63) is 60.2 Å². The molecule has 144 valence electrons. The maximum Gasteiger partial charge on any atom is 0.226 e. The number of anilines is 1. The molecule has 5 nitrogen and oxygen atoms in total. The number of nitrogens with one attached hydrogen (secondary N) is 1. The lowest BCUT2D eigenvalue weighted by Crippen LogP contribution is -2.34. The first-order chi connectivity index (χ1) is 12.9. The monoisotopic (exact) mass is 368 g/mol. The van der Waals surface area contributed by atoms with E-state index in [1.807, 2.05) is 54.6 Å². The summed E-state index contributed by atoms with van der Waals surface area (Å²) in [6.45, 7) is 7.24. The van der Waals surface area contributed by atoms with Crippen molar-refractivity contribution in [2.45, 2.75) is 33.8 Å². The maximum atomic E-state index is 12.1. The fourth-order valence-electron chi connectivity index (χ4n) is 2.65. The molecule has 0 saturated heterocycles. The van der Waals surface area contributed by atoms with Gasteiger partial charge in [0.2, 0.25) is 11.8 Å². The normalized spacial score (nSPS) is 10.5. The summed E-state index contributed by atoms with van der Waals surface area (Å²) in [5, 5.41) is 2.86. The largest absolute Gasteiger partial charge is 0.489 e. The highest BCUT2D eigenvalue weighted by molar-refractivity contribution is 5.91. The zero-order valence-electron chi connectivity index (χ0n) is 16.3. The van der Waals surface area contributed by atoms with Crippen LogP contribution in [0.2, 0.25) is 0 Å². The lowest BCUT2D eigenvalue weighted by Gasteiger charge is -2.22. The molecule has 0 radical (unpaired) electrons. The van der Waals surface area contributed by atoms with Crippen LogP contribution in [0.4, 0.5) is 5.69 Å². The predicted molar refractivity (Wildman–Crippen MR) is 108 cm³/mol. The average molecular weight is 368 g/mol. The van der Waals surface area contributed by atoms with Crippen molar-refractivity contribution in [2.75, 3.05) is 18.4 Å². The second-order valence-corrected chi connectivity index (χ2v) is 6.96. The van der Waals surface area contributed by atoms with E-state index in [1.54, 1.807) is 4.90 Å². The Morgan fingerprint density at radius 2 is 1.70 bits per heavy atom. The number of benzene rings is 2. The van der Waals surface area contributed by atoms with Crippen molar-refractivity contribution in [1.29, 1.82) is 0 Å². The minimum absolute atomic E-state index is 0.00332. The van der Waals surface area contributed by atoms with Gasteiger partial charge in [0.15, 0.2) is 0 Å². The number of nitrogens with zero attached hydrogens (tertiary/aromatic N) is 1. The number of hydrogen-bond donors (Lipinski definition) is 1. The number of carbonyl (C=O) groups is 2. The van der Waals surface area contributed by atoms with Crippen molar-refractivity contribution in [3.8, 4) is 5.75 Å². The van der Waals surface area contributed by atoms with Crippen molar-refractivity contribution < 1.29 is 14.3 Å². The highest BCUT2D eigenvalue weighted by atomic mass is 16.5. The number of hydrogen-bond acceptors (Lipinski definition) is 3. The number of ether oxygens (including phenoxy) is 1. The number of rotatable bonds is 9. The molecular formula is C22H28N2O3. The van der Waals surface area contributed by atoms with Crippen molar-refractivity contribution in [2.24, 2.45) is 5.92 Å². The summed E-state index contributed by atoms with van der Waals surface area (Å²) in [6, 6.07) is 17.2. The molecule has 0 aliphatic heterocycles. The molecule has 5 heteroatoms. The lowest BCUT2D eigenvalue weighted by atomic mass is 10.2. The van der Waals surface area contributed by atoms with Gasteiger partial charge < -0.3 is 15.0 Å². The van der Waals surface area contributed by atoms with E-state index in [9.17, 15) is 9.59 Å². The van der Waals surface area contributed by atoms with Crippen LogP contribution in [0.25, 0.3) is 0 Å². The second kappa shape index (κ2) is 10.4. The summed E-state index contributed by atoms with van der Waals surface area (Å²) in [7, 11) is 0. The van der Waals surface area contributed by atoms with E-state index in [0.29, 0.717) is 31.3 Å². The third-order valence-electron chi connectivity index (χ3n) is 4.03. The Hall–Kier alpha value is -2.82. The Bertz CT molecular complexity index is 727. The molecule has 2 rings (SSSR count). The Morgan fingerprint density at radius 3 is 2.30 bits per heavy atom. The molecule has 0 fully saturated rings. The quantitative estimate of drug-likeness (QED) is 0.725. The van der Waals surface area contributed by atoms with Gasteiger partial charge in [-0.15, -0.1) is 0 Å². The SMILES string of the molecule is CC(=O)N(CCC(=O)Nc1ccc(OCc2ccccc2)cc1)CC(C)C. The molecule has 0 spiro atoms. The zero-order valence-corrected chi connectivity index (χ0v) is 16.3. The average Bonchev–Trinajstić information content (AvgIpc) is 2.65. The second-order valence-electron chi connectivity index (χ2n) is 6.96. The fraction of sp³-hybridized carbons (Fsp3) is 0.364. The molecule has 0 saturated carbocycles. The van der Waals surface area contributed by atoms with Crippen LogP contribution < -0.4 is 10.1 Å². The zero-order chi connectivity index (χ0) is 19.6. The number of carbonyl (C=O) groups excluding carboxylic acids is 2. The van der Waals surface area contributed by atoms with E-state index in [-0.39, 0.29) is 18.2 Å². The summed E-state index contributed by atoms with van der Waals surface area (Å²) in [6.07, 6.45) is 0.276. The minimum atomic E-state index is -0.108. The molecule has 1 N–H and O–H groups in total. The highest BCUT2D eigenvalue weighted by Crippen LogP contribution is 2.17. The lowest BCUT2D eigenvalue weighted by molar-refractivity contribution is -0.129. The molecule has 2 aromatic carbocycles. The van der Waals surface area contributed by atoms with Crippen LogP contribution in [-0.2, 0) is 16.2 Å². The van der Waals surface area contributed by atoms with Crippen molar-refractivity contribution in [1.82, 2.24) is 4.90 Å². The van der Waals surface area contributed by atoms with E-state index in [4.69, 9.17) is 4.74 Å². The van der Waals surface area contributed by atoms with Crippen LogP contribution >= 0.6 is 0 Å². The van der Waals surface area contributed by atoms with Gasteiger partial charge in [0.05, 0.1) is 0 Å². The predicted octanol–water partition coefficient (Wildman–Crippen LogP) is 4.10. The van der Waals surface area contributed by atoms with Crippen LogP contribution in [0.3, 0.4) is 0 Å². The van der Waals surface area contributed by atoms with Crippen molar-refractivity contribution in [3.63, 3.8) is 0 Å². The Balaban J connectivity index is 1.79. The van der Waals surface area contributed by atoms with Gasteiger partial charge in [-0.3, -0.25) is 9.59 Å². The number of amides is 2. The van der Waals surface area contributed by atoms with Crippen LogP contribution in [0.15, 0.2) is 54.6 Å². The van der Waals surface area contributed by atoms with Gasteiger partial charge in [-0.25, -0.2) is 0 Å². The van der Waals surface area contributed by atoms with Gasteiger partial charge in [-0.2, -0.15) is 0 Å². The summed E-state index contributed by atoms with van der Waals surface area (Å²) < 4.78 is 5.74. The summed E-state index contributed by atoms with van der Waals surface area (Å²) in [5.74, 6) is 1.01. The molecular weight excluding hydrogens is 340 g/mol. The molecule has 0 unspecified atom stereocenters.